The van der Waals surface area contributed by atoms with E-state index in [0.29, 0.717) is 6.04 Å². The van der Waals surface area contributed by atoms with E-state index in [-0.39, 0.29) is 0 Å². The number of halogens is 1. The van der Waals surface area contributed by atoms with Gasteiger partial charge in [-0.3, -0.25) is 4.68 Å². The SMILES string of the molecule is CCNC(CCc1cnn(C)c1)CSc1ccccc1Cl. The number of thioether (sulfide) groups is 1. The molecule has 0 aliphatic heterocycles. The fourth-order valence-electron chi connectivity index (χ4n) is 2.23. The molecule has 0 amide bonds. The van der Waals surface area contributed by atoms with Crippen LogP contribution in [0.4, 0.5) is 0 Å². The van der Waals surface area contributed by atoms with Gasteiger partial charge in [0.1, 0.15) is 0 Å². The van der Waals surface area contributed by atoms with Crippen LogP contribution >= 0.6 is 23.4 Å². The number of nitrogens with one attached hydrogen (secondary N) is 1. The average Bonchev–Trinajstić information content (AvgIpc) is 2.89. The maximum Gasteiger partial charge on any atom is 0.0541 e. The van der Waals surface area contributed by atoms with Gasteiger partial charge in [0.05, 0.1) is 11.2 Å². The Kier molecular flexibility index (Phi) is 6.61. The van der Waals surface area contributed by atoms with E-state index in [4.69, 9.17) is 11.6 Å². The van der Waals surface area contributed by atoms with Crippen LogP contribution in [0.1, 0.15) is 18.9 Å². The Morgan fingerprint density at radius 3 is 2.86 bits per heavy atom. The van der Waals surface area contributed by atoms with Crippen molar-refractivity contribution < 1.29 is 0 Å². The summed E-state index contributed by atoms with van der Waals surface area (Å²) in [4.78, 5) is 1.16. The zero-order valence-electron chi connectivity index (χ0n) is 12.6. The second-order valence-corrected chi connectivity index (χ2v) is 6.53. The second-order valence-electron chi connectivity index (χ2n) is 5.06. The summed E-state index contributed by atoms with van der Waals surface area (Å²) >= 11 is 8.03. The van der Waals surface area contributed by atoms with Gasteiger partial charge in [0.15, 0.2) is 0 Å². The van der Waals surface area contributed by atoms with Crippen LogP contribution < -0.4 is 5.32 Å². The first kappa shape index (κ1) is 16.4. The Bertz CT molecular complexity index is 556. The van der Waals surface area contributed by atoms with Gasteiger partial charge in [-0.05, 0) is 37.1 Å². The molecule has 1 heterocycles. The van der Waals surface area contributed by atoms with E-state index in [1.165, 1.54) is 5.56 Å². The molecule has 0 radical (unpaired) electrons. The maximum atomic E-state index is 6.21. The third-order valence-electron chi connectivity index (χ3n) is 3.31. The molecule has 2 rings (SSSR count). The quantitative estimate of drug-likeness (QED) is 0.750. The van der Waals surface area contributed by atoms with Gasteiger partial charge in [0.25, 0.3) is 0 Å². The molecule has 1 N–H and O–H groups in total. The van der Waals surface area contributed by atoms with Crippen molar-refractivity contribution in [3.8, 4) is 0 Å². The molecular weight excluding hydrogens is 302 g/mol. The summed E-state index contributed by atoms with van der Waals surface area (Å²) in [6.45, 7) is 3.14. The number of rotatable bonds is 8. The number of benzene rings is 1. The lowest BCUT2D eigenvalue weighted by atomic mass is 10.1. The van der Waals surface area contributed by atoms with Gasteiger partial charge in [-0.2, -0.15) is 5.10 Å². The van der Waals surface area contributed by atoms with Crippen molar-refractivity contribution in [2.75, 3.05) is 12.3 Å². The Morgan fingerprint density at radius 2 is 2.19 bits per heavy atom. The van der Waals surface area contributed by atoms with Crippen molar-refractivity contribution in [1.82, 2.24) is 15.1 Å². The second kappa shape index (κ2) is 8.47. The molecular formula is C16H22ClN3S. The highest BCUT2D eigenvalue weighted by Crippen LogP contribution is 2.27. The van der Waals surface area contributed by atoms with Gasteiger partial charge in [-0.15, -0.1) is 11.8 Å². The van der Waals surface area contributed by atoms with Crippen molar-refractivity contribution in [3.05, 3.63) is 47.2 Å². The maximum absolute atomic E-state index is 6.21. The van der Waals surface area contributed by atoms with Gasteiger partial charge in [-0.1, -0.05) is 30.7 Å². The molecule has 114 valence electrons. The molecule has 0 saturated heterocycles. The molecule has 0 aliphatic carbocycles. The van der Waals surface area contributed by atoms with Gasteiger partial charge in [0.2, 0.25) is 0 Å². The van der Waals surface area contributed by atoms with Gasteiger partial charge < -0.3 is 5.32 Å². The van der Waals surface area contributed by atoms with Gasteiger partial charge >= 0.3 is 0 Å². The number of aryl methyl sites for hydroxylation is 2. The number of hydrogen-bond donors (Lipinski definition) is 1. The van der Waals surface area contributed by atoms with Crippen LogP contribution in [0.3, 0.4) is 0 Å². The summed E-state index contributed by atoms with van der Waals surface area (Å²) in [6.07, 6.45) is 6.19. The number of hydrogen-bond acceptors (Lipinski definition) is 3. The van der Waals surface area contributed by atoms with Crippen LogP contribution in [0, 0.1) is 0 Å². The fraction of sp³-hybridized carbons (Fsp3) is 0.438. The number of aromatic nitrogens is 2. The molecule has 0 bridgehead atoms. The Hall–Kier alpha value is -0.970. The van der Waals surface area contributed by atoms with Crippen LogP contribution in [0.2, 0.25) is 5.02 Å². The summed E-state index contributed by atoms with van der Waals surface area (Å²) in [5.41, 5.74) is 1.29. The van der Waals surface area contributed by atoms with Gasteiger partial charge in [0, 0.05) is 29.9 Å². The average molecular weight is 324 g/mol. The van der Waals surface area contributed by atoms with Crippen molar-refractivity contribution in [2.45, 2.75) is 30.7 Å². The summed E-state index contributed by atoms with van der Waals surface area (Å²) in [7, 11) is 1.96. The molecule has 0 fully saturated rings. The smallest absolute Gasteiger partial charge is 0.0541 e. The third-order valence-corrected chi connectivity index (χ3v) is 4.99. The molecule has 5 heteroatoms. The van der Waals surface area contributed by atoms with Crippen LogP contribution in [-0.2, 0) is 13.5 Å². The Morgan fingerprint density at radius 1 is 1.38 bits per heavy atom. The van der Waals surface area contributed by atoms with Crippen molar-refractivity contribution >= 4 is 23.4 Å². The van der Waals surface area contributed by atoms with Crippen molar-refractivity contribution in [2.24, 2.45) is 7.05 Å². The van der Waals surface area contributed by atoms with Crippen LogP contribution in [0.5, 0.6) is 0 Å². The van der Waals surface area contributed by atoms with E-state index in [1.54, 1.807) is 0 Å². The van der Waals surface area contributed by atoms with E-state index in [2.05, 4.69) is 29.6 Å². The zero-order valence-corrected chi connectivity index (χ0v) is 14.1. The van der Waals surface area contributed by atoms with Gasteiger partial charge in [-0.25, -0.2) is 0 Å². The molecule has 0 spiro atoms. The lowest BCUT2D eigenvalue weighted by Crippen LogP contribution is -2.31. The Balaban J connectivity index is 1.85. The standard InChI is InChI=1S/C16H22ClN3S/c1-3-18-14(9-8-13-10-19-20(2)11-13)12-21-16-7-5-4-6-15(16)17/h4-7,10-11,14,18H,3,8-9,12H2,1-2H3. The van der Waals surface area contributed by atoms with E-state index in [9.17, 15) is 0 Å². The van der Waals surface area contributed by atoms with Crippen molar-refractivity contribution in [1.29, 1.82) is 0 Å². The molecule has 0 saturated carbocycles. The molecule has 21 heavy (non-hydrogen) atoms. The van der Waals surface area contributed by atoms with Crippen molar-refractivity contribution in [3.63, 3.8) is 0 Å². The fourth-order valence-corrected chi connectivity index (χ4v) is 3.57. The lowest BCUT2D eigenvalue weighted by molar-refractivity contribution is 0.537. The van der Waals surface area contributed by atoms with Crippen LogP contribution in [0.25, 0.3) is 0 Å². The molecule has 2 aromatic rings. The third kappa shape index (κ3) is 5.38. The molecule has 0 aliphatic rings. The first-order valence-electron chi connectivity index (χ1n) is 7.27. The minimum atomic E-state index is 0.483. The highest BCUT2D eigenvalue weighted by molar-refractivity contribution is 7.99. The summed E-state index contributed by atoms with van der Waals surface area (Å²) in [5.74, 6) is 1.03. The first-order chi connectivity index (χ1) is 10.2. The first-order valence-corrected chi connectivity index (χ1v) is 8.63. The van der Waals surface area contributed by atoms with E-state index in [1.807, 2.05) is 47.9 Å². The van der Waals surface area contributed by atoms with E-state index >= 15 is 0 Å². The molecule has 1 aromatic heterocycles. The lowest BCUT2D eigenvalue weighted by Gasteiger charge is -2.17. The molecule has 1 atom stereocenters. The summed E-state index contributed by atoms with van der Waals surface area (Å²) < 4.78 is 1.86. The minimum absolute atomic E-state index is 0.483. The van der Waals surface area contributed by atoms with Crippen LogP contribution in [-0.4, -0.2) is 28.1 Å². The van der Waals surface area contributed by atoms with Crippen LogP contribution in [0.15, 0.2) is 41.6 Å². The van der Waals surface area contributed by atoms with E-state index in [0.717, 1.165) is 35.1 Å². The number of nitrogens with zero attached hydrogens (tertiary/aromatic N) is 2. The normalized spacial score (nSPS) is 12.5. The summed E-state index contributed by atoms with van der Waals surface area (Å²) in [6, 6.07) is 8.51. The highest BCUT2D eigenvalue weighted by atomic mass is 35.5. The minimum Gasteiger partial charge on any atom is -0.313 e. The monoisotopic (exact) mass is 323 g/mol. The largest absolute Gasteiger partial charge is 0.313 e. The van der Waals surface area contributed by atoms with E-state index < -0.39 is 0 Å². The molecule has 1 unspecified atom stereocenters. The molecule has 1 aromatic carbocycles. The predicted octanol–water partition coefficient (Wildman–Crippen LogP) is 3.78. The summed E-state index contributed by atoms with van der Waals surface area (Å²) in [5, 5.41) is 8.62. The Labute approximate surface area is 136 Å². The molecule has 3 nitrogen and oxygen atoms in total. The topological polar surface area (TPSA) is 29.9 Å². The predicted molar refractivity (Wildman–Crippen MR) is 91.2 cm³/mol. The zero-order chi connectivity index (χ0) is 15.1. The highest BCUT2D eigenvalue weighted by Gasteiger charge is 2.10.